The van der Waals surface area contributed by atoms with Crippen LogP contribution in [0.1, 0.15) is 35.3 Å². The Labute approximate surface area is 221 Å². The molecule has 0 bridgehead atoms. The number of hydrogen-bond acceptors (Lipinski definition) is 7. The van der Waals surface area contributed by atoms with E-state index >= 15 is 0 Å². The third-order valence-electron chi connectivity index (χ3n) is 6.80. The van der Waals surface area contributed by atoms with E-state index in [2.05, 4.69) is 28.1 Å². The highest BCUT2D eigenvalue weighted by Gasteiger charge is 2.48. The second-order valence-corrected chi connectivity index (χ2v) is 10.4. The number of halogens is 2. The van der Waals surface area contributed by atoms with Gasteiger partial charge in [0.15, 0.2) is 0 Å². The molecule has 3 aromatic heterocycles. The summed E-state index contributed by atoms with van der Waals surface area (Å²) < 4.78 is 16.4. The zero-order valence-electron chi connectivity index (χ0n) is 20.2. The molecular weight excluding hydrogens is 517 g/mol. The fourth-order valence-electron chi connectivity index (χ4n) is 4.95. The molecular formula is C25H26ClFN7O2S+. The lowest BCUT2D eigenvalue weighted by Crippen LogP contribution is -2.49. The van der Waals surface area contributed by atoms with Crippen LogP contribution in [0.4, 0.5) is 10.1 Å². The van der Waals surface area contributed by atoms with Crippen molar-refractivity contribution in [3.8, 4) is 22.4 Å². The number of aromatic nitrogens is 3. The summed E-state index contributed by atoms with van der Waals surface area (Å²) in [4.78, 5) is 14.0. The van der Waals surface area contributed by atoms with Crippen LogP contribution in [0.2, 0.25) is 5.02 Å². The van der Waals surface area contributed by atoms with Crippen molar-refractivity contribution in [2.24, 2.45) is 16.8 Å². The standard InChI is InChI=1S/C25H26ClFN7O2S/c1-25(24-30-9-19(32-24)18-12-37-21(11-35)22(18)27)6-5-14-7-15(10-34(36-2)23(14)25)17-8-16(26)3-4-20(17)33(29)13-31-28/h3-4,7-10,12-13,35H,5-6,11,28-29H2,1-2H3,(H,30,32)/q+1/b31-13-. The molecule has 9 nitrogen and oxygen atoms in total. The van der Waals surface area contributed by atoms with Crippen molar-refractivity contribution in [2.45, 2.75) is 31.8 Å². The number of fused-ring (bicyclic) bond motifs is 1. The van der Waals surface area contributed by atoms with Crippen LogP contribution in [-0.2, 0) is 18.4 Å². The summed E-state index contributed by atoms with van der Waals surface area (Å²) in [7, 11) is 1.60. The molecule has 3 heterocycles. The summed E-state index contributed by atoms with van der Waals surface area (Å²) in [6.07, 6.45) is 6.36. The number of thiophene rings is 1. The largest absolute Gasteiger partial charge is 0.391 e. The quantitative estimate of drug-likeness (QED) is 0.0932. The van der Waals surface area contributed by atoms with Gasteiger partial charge in [0.1, 0.15) is 30.5 Å². The molecule has 1 aliphatic rings. The maximum absolute atomic E-state index is 14.7. The monoisotopic (exact) mass is 542 g/mol. The minimum atomic E-state index is -0.516. The summed E-state index contributed by atoms with van der Waals surface area (Å²) in [5.41, 5.74) is 4.75. The first kappa shape index (κ1) is 25.2. The van der Waals surface area contributed by atoms with E-state index in [1.54, 1.807) is 35.5 Å². The number of aryl methyl sites for hydroxylation is 1. The number of imidazole rings is 1. The maximum Gasteiger partial charge on any atom is 0.250 e. The van der Waals surface area contributed by atoms with Gasteiger partial charge in [0.2, 0.25) is 6.20 Å². The van der Waals surface area contributed by atoms with E-state index in [0.717, 1.165) is 35.2 Å². The average Bonchev–Trinajstić information content (AvgIpc) is 3.61. The van der Waals surface area contributed by atoms with Crippen LogP contribution in [0.15, 0.2) is 47.1 Å². The van der Waals surface area contributed by atoms with Gasteiger partial charge in [-0.15, -0.1) is 11.3 Å². The molecule has 1 unspecified atom stereocenters. The Hall–Kier alpha value is -3.51. The second kappa shape index (κ2) is 9.75. The van der Waals surface area contributed by atoms with Crippen molar-refractivity contribution in [3.63, 3.8) is 0 Å². The van der Waals surface area contributed by atoms with E-state index in [1.807, 2.05) is 12.3 Å². The Morgan fingerprint density at radius 3 is 2.92 bits per heavy atom. The number of aromatic amines is 1. The number of hydrogen-bond donors (Lipinski definition) is 4. The zero-order chi connectivity index (χ0) is 26.3. The number of nitrogens with one attached hydrogen (secondary N) is 1. The van der Waals surface area contributed by atoms with Crippen molar-refractivity contribution in [2.75, 3.05) is 12.1 Å². The van der Waals surface area contributed by atoms with Crippen LogP contribution in [0, 0.1) is 5.82 Å². The van der Waals surface area contributed by atoms with Crippen molar-refractivity contribution < 1.29 is 19.1 Å². The van der Waals surface area contributed by atoms with Gasteiger partial charge in [0.05, 0.1) is 34.6 Å². The van der Waals surface area contributed by atoms with Gasteiger partial charge in [-0.3, -0.25) is 9.85 Å². The normalized spacial score (nSPS) is 16.9. The fourth-order valence-corrected chi connectivity index (χ4v) is 5.90. The third-order valence-corrected chi connectivity index (χ3v) is 7.98. The smallest absolute Gasteiger partial charge is 0.250 e. The van der Waals surface area contributed by atoms with Gasteiger partial charge in [-0.2, -0.15) is 5.10 Å². The molecule has 1 atom stereocenters. The topological polar surface area (TPSA) is 130 Å². The molecule has 4 aromatic rings. The van der Waals surface area contributed by atoms with Crippen LogP contribution in [0.5, 0.6) is 0 Å². The lowest BCUT2D eigenvalue weighted by Gasteiger charge is -2.20. The van der Waals surface area contributed by atoms with E-state index in [1.165, 1.54) is 22.7 Å². The van der Waals surface area contributed by atoms with Crippen LogP contribution in [0.3, 0.4) is 0 Å². The Kier molecular flexibility index (Phi) is 6.63. The number of nitrogens with two attached hydrogens (primary N) is 2. The summed E-state index contributed by atoms with van der Waals surface area (Å²) in [5, 5.41) is 16.4. The van der Waals surface area contributed by atoms with Crippen LogP contribution < -0.4 is 26.3 Å². The highest BCUT2D eigenvalue weighted by Crippen LogP contribution is 2.43. The number of H-pyrrole nitrogens is 1. The van der Waals surface area contributed by atoms with E-state index in [-0.39, 0.29) is 6.61 Å². The van der Waals surface area contributed by atoms with Gasteiger partial charge in [-0.25, -0.2) is 15.2 Å². The highest BCUT2D eigenvalue weighted by atomic mass is 35.5. The fraction of sp³-hybridized carbons (Fsp3) is 0.240. The molecule has 192 valence electrons. The van der Waals surface area contributed by atoms with Crippen molar-refractivity contribution in [3.05, 3.63) is 74.8 Å². The Morgan fingerprint density at radius 2 is 2.22 bits per heavy atom. The lowest BCUT2D eigenvalue weighted by atomic mass is 9.86. The average molecular weight is 543 g/mol. The van der Waals surface area contributed by atoms with Gasteiger partial charge < -0.3 is 15.9 Å². The molecule has 1 aliphatic carbocycles. The molecule has 0 amide bonds. The zero-order valence-corrected chi connectivity index (χ0v) is 21.8. The Morgan fingerprint density at radius 1 is 1.41 bits per heavy atom. The summed E-state index contributed by atoms with van der Waals surface area (Å²) in [5.74, 6) is 11.7. The number of nitrogens with zero attached hydrogens (tertiary/aromatic N) is 4. The van der Waals surface area contributed by atoms with E-state index < -0.39 is 11.2 Å². The summed E-state index contributed by atoms with van der Waals surface area (Å²) >= 11 is 7.51. The minimum absolute atomic E-state index is 0.294. The number of anilines is 1. The number of aliphatic hydroxyl groups is 1. The van der Waals surface area contributed by atoms with Crippen LogP contribution in [0.25, 0.3) is 22.4 Å². The highest BCUT2D eigenvalue weighted by molar-refractivity contribution is 7.10. The number of hydrazine groups is 1. The third kappa shape index (κ3) is 4.23. The predicted octanol–water partition coefficient (Wildman–Crippen LogP) is 3.27. The first-order valence-electron chi connectivity index (χ1n) is 11.4. The maximum atomic E-state index is 14.7. The number of rotatable bonds is 7. The number of pyridine rings is 1. The van der Waals surface area contributed by atoms with Gasteiger partial charge in [0, 0.05) is 31.8 Å². The SMILES string of the molecule is CO[n+]1cc(-c2cc(Cl)ccc2N(N)/C=N\N)cc2c1C(C)(c1ncc(-c3csc(CO)c3F)[nH]1)CC2. The van der Waals surface area contributed by atoms with Gasteiger partial charge >= 0.3 is 0 Å². The lowest BCUT2D eigenvalue weighted by molar-refractivity contribution is -0.891. The van der Waals surface area contributed by atoms with E-state index in [4.69, 9.17) is 28.1 Å². The molecule has 0 fully saturated rings. The summed E-state index contributed by atoms with van der Waals surface area (Å²) in [6, 6.07) is 7.46. The van der Waals surface area contributed by atoms with Crippen molar-refractivity contribution in [1.29, 1.82) is 0 Å². The number of aliphatic hydroxyl groups excluding tert-OH is 1. The molecule has 37 heavy (non-hydrogen) atoms. The second-order valence-electron chi connectivity index (χ2n) is 8.97. The first-order chi connectivity index (χ1) is 17.8. The van der Waals surface area contributed by atoms with Crippen molar-refractivity contribution >= 4 is 35.0 Å². The van der Waals surface area contributed by atoms with E-state index in [0.29, 0.717) is 32.7 Å². The van der Waals surface area contributed by atoms with Gasteiger partial charge in [0.25, 0.3) is 5.69 Å². The minimum Gasteiger partial charge on any atom is -0.391 e. The summed E-state index contributed by atoms with van der Waals surface area (Å²) in [6.45, 7) is 1.75. The molecule has 6 N–H and O–H groups in total. The molecule has 1 aromatic carbocycles. The number of hydrazone groups is 1. The molecule has 0 saturated carbocycles. The van der Waals surface area contributed by atoms with Crippen LogP contribution in [-0.4, -0.2) is 28.5 Å². The Balaban J connectivity index is 1.59. The molecule has 0 radical (unpaired) electrons. The van der Waals surface area contributed by atoms with Gasteiger partial charge in [-0.05, 0) is 44.0 Å². The first-order valence-corrected chi connectivity index (χ1v) is 12.7. The van der Waals surface area contributed by atoms with E-state index in [9.17, 15) is 9.50 Å². The molecule has 5 rings (SSSR count). The Bertz CT molecular complexity index is 1500. The molecule has 0 spiro atoms. The predicted molar refractivity (Wildman–Crippen MR) is 141 cm³/mol. The molecule has 12 heteroatoms. The molecule has 0 saturated heterocycles. The van der Waals surface area contributed by atoms with Crippen molar-refractivity contribution in [1.82, 2.24) is 9.97 Å². The van der Waals surface area contributed by atoms with Gasteiger partial charge in [-0.1, -0.05) is 11.6 Å². The number of benzene rings is 1. The molecule has 0 aliphatic heterocycles. The van der Waals surface area contributed by atoms with Crippen LogP contribution >= 0.6 is 22.9 Å².